The number of rotatable bonds is 9. The third kappa shape index (κ3) is 6.21. The zero-order valence-corrected chi connectivity index (χ0v) is 20.2. The van der Waals surface area contributed by atoms with Crippen molar-refractivity contribution in [3.8, 4) is 23.1 Å². The van der Waals surface area contributed by atoms with Crippen LogP contribution in [0.1, 0.15) is 23.7 Å². The Morgan fingerprint density at radius 1 is 1.12 bits per heavy atom. The molecule has 0 amide bonds. The molecule has 1 heterocycles. The van der Waals surface area contributed by atoms with Crippen LogP contribution < -0.4 is 14.2 Å². The molecule has 3 rings (SSSR count). The van der Waals surface area contributed by atoms with Crippen LogP contribution in [0.2, 0.25) is 10.0 Å². The number of halogens is 2. The zero-order chi connectivity index (χ0) is 24.0. The number of ether oxygens (including phenoxy) is 4. The largest absolute Gasteiger partial charge is 0.497 e. The number of benzene rings is 2. The lowest BCUT2D eigenvalue weighted by molar-refractivity contribution is -0.137. The van der Waals surface area contributed by atoms with E-state index in [1.165, 1.54) is 6.08 Å². The van der Waals surface area contributed by atoms with Crippen molar-refractivity contribution in [1.82, 2.24) is 9.78 Å². The van der Waals surface area contributed by atoms with Crippen molar-refractivity contribution in [2.75, 3.05) is 13.7 Å². The van der Waals surface area contributed by atoms with Crippen molar-refractivity contribution < 1.29 is 23.7 Å². The van der Waals surface area contributed by atoms with Gasteiger partial charge in [-0.1, -0.05) is 35.3 Å². The number of aromatic nitrogens is 2. The number of nitrogens with zero attached hydrogens (tertiary/aromatic N) is 2. The molecule has 1 aromatic heterocycles. The van der Waals surface area contributed by atoms with Crippen molar-refractivity contribution in [3.63, 3.8) is 0 Å². The van der Waals surface area contributed by atoms with Crippen LogP contribution >= 0.6 is 23.2 Å². The maximum atomic E-state index is 11.7. The first-order chi connectivity index (χ1) is 15.8. The van der Waals surface area contributed by atoms with Crippen molar-refractivity contribution in [2.24, 2.45) is 7.05 Å². The Labute approximate surface area is 202 Å². The molecule has 0 saturated heterocycles. The molecule has 174 valence electrons. The fraction of sp³-hybridized carbons (Fsp3) is 0.250. The van der Waals surface area contributed by atoms with Crippen LogP contribution in [0.25, 0.3) is 6.08 Å². The maximum absolute atomic E-state index is 11.7. The predicted octanol–water partition coefficient (Wildman–Crippen LogP) is 5.99. The first-order valence-corrected chi connectivity index (χ1v) is 10.9. The minimum Gasteiger partial charge on any atom is -0.497 e. The normalized spacial score (nSPS) is 11.0. The lowest BCUT2D eigenvalue weighted by atomic mass is 10.2. The van der Waals surface area contributed by atoms with Crippen molar-refractivity contribution in [3.05, 3.63) is 69.3 Å². The van der Waals surface area contributed by atoms with Gasteiger partial charge in [-0.3, -0.25) is 0 Å². The molecule has 33 heavy (non-hydrogen) atoms. The second-order valence-electron chi connectivity index (χ2n) is 6.97. The monoisotopic (exact) mass is 490 g/mol. The van der Waals surface area contributed by atoms with Gasteiger partial charge in [-0.2, -0.15) is 5.10 Å². The van der Waals surface area contributed by atoms with E-state index in [9.17, 15) is 4.79 Å². The molecule has 0 N–H and O–H groups in total. The molecule has 0 atom stereocenters. The minimum atomic E-state index is -0.453. The van der Waals surface area contributed by atoms with E-state index in [4.69, 9.17) is 42.1 Å². The lowest BCUT2D eigenvalue weighted by Gasteiger charge is -2.13. The molecule has 7 nitrogen and oxygen atoms in total. The second-order valence-corrected chi connectivity index (χ2v) is 7.78. The van der Waals surface area contributed by atoms with Crippen LogP contribution in [-0.2, 0) is 23.2 Å². The van der Waals surface area contributed by atoms with E-state index in [0.29, 0.717) is 45.3 Å². The highest BCUT2D eigenvalue weighted by molar-refractivity contribution is 6.36. The Bertz CT molecular complexity index is 1160. The number of methoxy groups -OCH3 is 1. The molecule has 2 aromatic carbocycles. The van der Waals surface area contributed by atoms with E-state index in [2.05, 4.69) is 5.10 Å². The third-order valence-corrected chi connectivity index (χ3v) is 5.22. The summed E-state index contributed by atoms with van der Waals surface area (Å²) in [4.78, 5) is 11.7. The molecular weight excluding hydrogens is 467 g/mol. The Morgan fingerprint density at radius 3 is 2.48 bits per heavy atom. The van der Waals surface area contributed by atoms with E-state index < -0.39 is 5.97 Å². The van der Waals surface area contributed by atoms with Crippen LogP contribution in [0.4, 0.5) is 0 Å². The number of hydrogen-bond donors (Lipinski definition) is 0. The highest BCUT2D eigenvalue weighted by atomic mass is 35.5. The van der Waals surface area contributed by atoms with Gasteiger partial charge in [0.15, 0.2) is 5.75 Å². The summed E-state index contributed by atoms with van der Waals surface area (Å²) in [5.41, 5.74) is 2.24. The van der Waals surface area contributed by atoms with Gasteiger partial charge in [0.1, 0.15) is 18.1 Å². The molecule has 0 aliphatic heterocycles. The van der Waals surface area contributed by atoms with E-state index in [1.807, 2.05) is 31.2 Å². The first kappa shape index (κ1) is 24.5. The van der Waals surface area contributed by atoms with Gasteiger partial charge in [-0.05, 0) is 43.7 Å². The highest BCUT2D eigenvalue weighted by Gasteiger charge is 2.17. The van der Waals surface area contributed by atoms with Crippen LogP contribution in [0.15, 0.2) is 42.5 Å². The van der Waals surface area contributed by atoms with Crippen molar-refractivity contribution in [1.29, 1.82) is 0 Å². The average Bonchev–Trinajstić information content (AvgIpc) is 3.05. The molecule has 0 saturated carbocycles. The van der Waals surface area contributed by atoms with Gasteiger partial charge in [0.25, 0.3) is 0 Å². The SMILES string of the molecule is CCOC(=O)/C=C/c1c(C)nn(C)c1Oc1cc(OCc2ccc(OC)cc2)c(Cl)cc1Cl. The van der Waals surface area contributed by atoms with Gasteiger partial charge in [-0.15, -0.1) is 0 Å². The fourth-order valence-corrected chi connectivity index (χ4v) is 3.47. The van der Waals surface area contributed by atoms with E-state index in [0.717, 1.165) is 11.3 Å². The van der Waals surface area contributed by atoms with Gasteiger partial charge in [0, 0.05) is 19.2 Å². The second kappa shape index (κ2) is 11.1. The predicted molar refractivity (Wildman–Crippen MR) is 127 cm³/mol. The molecule has 0 aliphatic carbocycles. The molecule has 0 aliphatic rings. The van der Waals surface area contributed by atoms with Crippen LogP contribution in [0, 0.1) is 6.92 Å². The van der Waals surface area contributed by atoms with Crippen LogP contribution in [0.3, 0.4) is 0 Å². The number of hydrogen-bond acceptors (Lipinski definition) is 6. The molecular formula is C24H24Cl2N2O5. The highest BCUT2D eigenvalue weighted by Crippen LogP contribution is 2.39. The summed E-state index contributed by atoms with van der Waals surface area (Å²) in [6, 6.07) is 10.7. The van der Waals surface area contributed by atoms with Gasteiger partial charge < -0.3 is 18.9 Å². The average molecular weight is 491 g/mol. The molecule has 0 bridgehead atoms. The number of carbonyl (C=O) groups excluding carboxylic acids is 1. The topological polar surface area (TPSA) is 71.8 Å². The molecule has 3 aromatic rings. The Balaban J connectivity index is 1.83. The van der Waals surface area contributed by atoms with Crippen molar-refractivity contribution in [2.45, 2.75) is 20.5 Å². The number of esters is 1. The molecule has 0 fully saturated rings. The van der Waals surface area contributed by atoms with E-state index in [-0.39, 0.29) is 6.61 Å². The Morgan fingerprint density at radius 2 is 1.82 bits per heavy atom. The molecule has 9 heteroatoms. The van der Waals surface area contributed by atoms with Gasteiger partial charge in [-0.25, -0.2) is 9.48 Å². The van der Waals surface area contributed by atoms with E-state index >= 15 is 0 Å². The zero-order valence-electron chi connectivity index (χ0n) is 18.7. The van der Waals surface area contributed by atoms with Crippen molar-refractivity contribution >= 4 is 35.2 Å². The first-order valence-electron chi connectivity index (χ1n) is 10.1. The molecule has 0 radical (unpaired) electrons. The fourth-order valence-electron chi connectivity index (χ4n) is 2.99. The van der Waals surface area contributed by atoms with Crippen LogP contribution in [-0.4, -0.2) is 29.5 Å². The van der Waals surface area contributed by atoms with Crippen LogP contribution in [0.5, 0.6) is 23.1 Å². The summed E-state index contributed by atoms with van der Waals surface area (Å²) in [7, 11) is 3.34. The summed E-state index contributed by atoms with van der Waals surface area (Å²) in [5.74, 6) is 1.45. The number of aryl methyl sites for hydroxylation is 2. The van der Waals surface area contributed by atoms with Gasteiger partial charge >= 0.3 is 5.97 Å². The minimum absolute atomic E-state index is 0.290. The summed E-state index contributed by atoms with van der Waals surface area (Å²) >= 11 is 12.7. The summed E-state index contributed by atoms with van der Waals surface area (Å²) in [6.45, 7) is 4.14. The third-order valence-electron chi connectivity index (χ3n) is 4.63. The van der Waals surface area contributed by atoms with Gasteiger partial charge in [0.2, 0.25) is 5.88 Å². The standard InChI is InChI=1S/C24H24Cl2N2O5/c1-5-31-23(29)11-10-18-15(2)27-28(3)24(18)33-22-13-21(19(25)12-20(22)26)32-14-16-6-8-17(30-4)9-7-16/h6-13H,5,14H2,1-4H3/b11-10+. The summed E-state index contributed by atoms with van der Waals surface area (Å²) < 4.78 is 23.6. The van der Waals surface area contributed by atoms with Gasteiger partial charge in [0.05, 0.1) is 35.0 Å². The number of carbonyl (C=O) groups is 1. The Hall–Kier alpha value is -3.16. The summed E-state index contributed by atoms with van der Waals surface area (Å²) in [5, 5.41) is 5.02. The maximum Gasteiger partial charge on any atom is 0.330 e. The lowest BCUT2D eigenvalue weighted by Crippen LogP contribution is -2.00. The molecule has 0 spiro atoms. The molecule has 0 unspecified atom stereocenters. The summed E-state index contributed by atoms with van der Waals surface area (Å²) in [6.07, 6.45) is 2.92. The smallest absolute Gasteiger partial charge is 0.330 e. The van der Waals surface area contributed by atoms with E-state index in [1.54, 1.807) is 44.0 Å². The Kier molecular flexibility index (Phi) is 8.25. The quantitative estimate of drug-likeness (QED) is 0.271.